The first-order valence-electron chi connectivity index (χ1n) is 5.60. The molecule has 0 aliphatic heterocycles. The Morgan fingerprint density at radius 1 is 1.44 bits per heavy atom. The van der Waals surface area contributed by atoms with Crippen molar-refractivity contribution in [2.24, 2.45) is 5.41 Å². The molecular formula is C12H18N2O3S. The minimum absolute atomic E-state index is 0.403. The number of nitrogens with one attached hydrogen (secondary N) is 2. The van der Waals surface area contributed by atoms with E-state index in [1.807, 2.05) is 17.5 Å². The molecule has 1 atom stereocenters. The third kappa shape index (κ3) is 4.37. The summed E-state index contributed by atoms with van der Waals surface area (Å²) in [5, 5.41) is 16.1. The minimum Gasteiger partial charge on any atom is -0.480 e. The summed E-state index contributed by atoms with van der Waals surface area (Å²) >= 11 is 1.54. The van der Waals surface area contributed by atoms with Crippen molar-refractivity contribution in [3.63, 3.8) is 0 Å². The molecule has 0 saturated heterocycles. The molecule has 18 heavy (non-hydrogen) atoms. The van der Waals surface area contributed by atoms with Crippen molar-refractivity contribution in [3.05, 3.63) is 22.4 Å². The van der Waals surface area contributed by atoms with Crippen LogP contribution in [0.25, 0.3) is 0 Å². The highest BCUT2D eigenvalue weighted by Gasteiger charge is 2.32. The molecule has 1 aromatic heterocycles. The second-order valence-corrected chi connectivity index (χ2v) is 6.08. The lowest BCUT2D eigenvalue weighted by atomic mass is 9.87. The summed E-state index contributed by atoms with van der Waals surface area (Å²) in [6.45, 7) is 5.71. The predicted molar refractivity (Wildman–Crippen MR) is 70.6 cm³/mol. The number of hydrogen-bond donors (Lipinski definition) is 3. The Balaban J connectivity index is 2.49. The average Bonchev–Trinajstić information content (AvgIpc) is 2.73. The highest BCUT2D eigenvalue weighted by atomic mass is 32.1. The Labute approximate surface area is 110 Å². The van der Waals surface area contributed by atoms with Gasteiger partial charge in [-0.15, -0.1) is 11.3 Å². The van der Waals surface area contributed by atoms with E-state index >= 15 is 0 Å². The van der Waals surface area contributed by atoms with Gasteiger partial charge in [0.05, 0.1) is 6.54 Å². The van der Waals surface area contributed by atoms with Crippen LogP contribution < -0.4 is 10.6 Å². The van der Waals surface area contributed by atoms with Gasteiger partial charge in [0, 0.05) is 4.88 Å². The van der Waals surface area contributed by atoms with Gasteiger partial charge in [0.25, 0.3) is 0 Å². The lowest BCUT2D eigenvalue weighted by Crippen LogP contribution is -2.52. The third-order valence-corrected chi connectivity index (χ3v) is 3.27. The number of thiophene rings is 1. The Morgan fingerprint density at radius 2 is 2.11 bits per heavy atom. The Hall–Kier alpha value is -1.56. The lowest BCUT2D eigenvalue weighted by molar-refractivity contribution is -0.141. The number of carboxylic acids is 1. The molecule has 0 saturated carbocycles. The highest BCUT2D eigenvalue weighted by Crippen LogP contribution is 2.19. The van der Waals surface area contributed by atoms with E-state index in [0.29, 0.717) is 6.54 Å². The quantitative estimate of drug-likeness (QED) is 0.783. The number of carboxylic acid groups (broad SMARTS) is 1. The largest absolute Gasteiger partial charge is 0.480 e. The first kappa shape index (κ1) is 14.5. The van der Waals surface area contributed by atoms with Crippen LogP contribution in [0.2, 0.25) is 0 Å². The normalized spacial score (nSPS) is 12.8. The smallest absolute Gasteiger partial charge is 0.326 e. The number of rotatable bonds is 4. The van der Waals surface area contributed by atoms with Crippen LogP contribution in [0.3, 0.4) is 0 Å². The maximum absolute atomic E-state index is 11.6. The molecular weight excluding hydrogens is 252 g/mol. The van der Waals surface area contributed by atoms with Crippen molar-refractivity contribution in [2.45, 2.75) is 33.4 Å². The van der Waals surface area contributed by atoms with Gasteiger partial charge < -0.3 is 15.7 Å². The van der Waals surface area contributed by atoms with Gasteiger partial charge in [-0.3, -0.25) is 0 Å². The van der Waals surface area contributed by atoms with Crippen molar-refractivity contribution in [1.29, 1.82) is 0 Å². The zero-order valence-corrected chi connectivity index (χ0v) is 11.5. The van der Waals surface area contributed by atoms with E-state index in [1.54, 1.807) is 20.8 Å². The standard InChI is InChI=1S/C12H18N2O3S/c1-12(2,3)9(10(15)16)14-11(17)13-7-8-5-4-6-18-8/h4-6,9H,7H2,1-3H3,(H,15,16)(H2,13,14,17)/t9-/m1/s1. The number of hydrogen-bond acceptors (Lipinski definition) is 3. The van der Waals surface area contributed by atoms with Gasteiger partial charge in [0.15, 0.2) is 0 Å². The first-order chi connectivity index (χ1) is 8.30. The van der Waals surface area contributed by atoms with Gasteiger partial charge in [-0.2, -0.15) is 0 Å². The van der Waals surface area contributed by atoms with Crippen LogP contribution in [0.5, 0.6) is 0 Å². The molecule has 0 unspecified atom stereocenters. The number of aliphatic carboxylic acids is 1. The predicted octanol–water partition coefficient (Wildman–Crippen LogP) is 2.05. The Bertz CT molecular complexity index is 409. The van der Waals surface area contributed by atoms with Crippen molar-refractivity contribution in [1.82, 2.24) is 10.6 Å². The number of urea groups is 1. The SMILES string of the molecule is CC(C)(C)[C@H](NC(=O)NCc1cccs1)C(=O)O. The van der Waals surface area contributed by atoms with Gasteiger partial charge in [-0.1, -0.05) is 26.8 Å². The molecule has 2 amide bonds. The van der Waals surface area contributed by atoms with E-state index in [-0.39, 0.29) is 0 Å². The van der Waals surface area contributed by atoms with E-state index in [4.69, 9.17) is 5.11 Å². The fourth-order valence-electron chi connectivity index (χ4n) is 1.41. The topological polar surface area (TPSA) is 78.4 Å². The van der Waals surface area contributed by atoms with Crippen LogP contribution in [0.4, 0.5) is 4.79 Å². The van der Waals surface area contributed by atoms with Gasteiger partial charge in [0.1, 0.15) is 6.04 Å². The molecule has 100 valence electrons. The van der Waals surface area contributed by atoms with Gasteiger partial charge in [-0.05, 0) is 16.9 Å². The van der Waals surface area contributed by atoms with Crippen LogP contribution in [0.1, 0.15) is 25.6 Å². The van der Waals surface area contributed by atoms with E-state index in [2.05, 4.69) is 10.6 Å². The van der Waals surface area contributed by atoms with Gasteiger partial charge in [-0.25, -0.2) is 9.59 Å². The summed E-state index contributed by atoms with van der Waals surface area (Å²) in [5.41, 5.74) is -0.536. The fraction of sp³-hybridized carbons (Fsp3) is 0.500. The van der Waals surface area contributed by atoms with E-state index in [9.17, 15) is 9.59 Å². The second kappa shape index (κ2) is 5.86. The van der Waals surface area contributed by atoms with Crippen molar-refractivity contribution in [2.75, 3.05) is 0 Å². The molecule has 0 fully saturated rings. The van der Waals surface area contributed by atoms with Crippen molar-refractivity contribution >= 4 is 23.3 Å². The number of amides is 2. The van der Waals surface area contributed by atoms with Crippen LogP contribution >= 0.6 is 11.3 Å². The number of carbonyl (C=O) groups is 2. The molecule has 0 radical (unpaired) electrons. The van der Waals surface area contributed by atoms with Crippen molar-refractivity contribution in [3.8, 4) is 0 Å². The second-order valence-electron chi connectivity index (χ2n) is 5.04. The van der Waals surface area contributed by atoms with Crippen molar-refractivity contribution < 1.29 is 14.7 Å². The third-order valence-electron chi connectivity index (χ3n) is 2.39. The zero-order chi connectivity index (χ0) is 13.8. The highest BCUT2D eigenvalue weighted by molar-refractivity contribution is 7.09. The molecule has 1 heterocycles. The maximum atomic E-state index is 11.6. The Morgan fingerprint density at radius 3 is 2.56 bits per heavy atom. The molecule has 0 spiro atoms. The Kier molecular flexibility index (Phi) is 4.72. The summed E-state index contributed by atoms with van der Waals surface area (Å²) < 4.78 is 0. The first-order valence-corrected chi connectivity index (χ1v) is 6.48. The molecule has 1 rings (SSSR count). The van der Waals surface area contributed by atoms with E-state index < -0.39 is 23.5 Å². The number of carbonyl (C=O) groups excluding carboxylic acids is 1. The molecule has 3 N–H and O–H groups in total. The van der Waals surface area contributed by atoms with Gasteiger partial charge in [0.2, 0.25) is 0 Å². The molecule has 6 heteroatoms. The molecule has 1 aromatic rings. The summed E-state index contributed by atoms with van der Waals surface area (Å²) in [4.78, 5) is 23.7. The van der Waals surface area contributed by atoms with Crippen LogP contribution in [-0.4, -0.2) is 23.1 Å². The maximum Gasteiger partial charge on any atom is 0.326 e. The zero-order valence-electron chi connectivity index (χ0n) is 10.7. The molecule has 5 nitrogen and oxygen atoms in total. The fourth-order valence-corrected chi connectivity index (χ4v) is 2.06. The summed E-state index contributed by atoms with van der Waals surface area (Å²) in [5.74, 6) is -1.03. The molecule has 0 aliphatic rings. The molecule has 0 aromatic carbocycles. The lowest BCUT2D eigenvalue weighted by Gasteiger charge is -2.27. The molecule has 0 bridgehead atoms. The summed E-state index contributed by atoms with van der Waals surface area (Å²) in [6, 6.07) is 2.42. The minimum atomic E-state index is -1.03. The summed E-state index contributed by atoms with van der Waals surface area (Å²) in [6.07, 6.45) is 0. The van der Waals surface area contributed by atoms with Crippen LogP contribution in [0, 0.1) is 5.41 Å². The van der Waals surface area contributed by atoms with E-state index in [0.717, 1.165) is 4.88 Å². The van der Waals surface area contributed by atoms with Gasteiger partial charge >= 0.3 is 12.0 Å². The van der Waals surface area contributed by atoms with E-state index in [1.165, 1.54) is 11.3 Å². The average molecular weight is 270 g/mol. The monoisotopic (exact) mass is 270 g/mol. The van der Waals surface area contributed by atoms with Crippen LogP contribution in [0.15, 0.2) is 17.5 Å². The van der Waals surface area contributed by atoms with Crippen LogP contribution in [-0.2, 0) is 11.3 Å². The summed E-state index contributed by atoms with van der Waals surface area (Å²) in [7, 11) is 0. The molecule has 0 aliphatic carbocycles.